The third-order valence-electron chi connectivity index (χ3n) is 4.04. The van der Waals surface area contributed by atoms with Gasteiger partial charge >= 0.3 is 0 Å². The summed E-state index contributed by atoms with van der Waals surface area (Å²) in [6, 6.07) is 6.68. The summed E-state index contributed by atoms with van der Waals surface area (Å²) in [4.78, 5) is 24.8. The monoisotopic (exact) mass is 435 g/mol. The number of nitrogens with zero attached hydrogens (tertiary/aromatic N) is 2. The quantitative estimate of drug-likeness (QED) is 0.470. The molecule has 0 aliphatic heterocycles. The maximum Gasteiger partial charge on any atom is 0.258 e. The minimum atomic E-state index is -1.41. The third-order valence-corrected chi connectivity index (χ3v) is 4.34. The van der Waals surface area contributed by atoms with Crippen molar-refractivity contribution in [1.82, 2.24) is 0 Å². The minimum Gasteiger partial charge on any atom is -0.494 e. The van der Waals surface area contributed by atoms with E-state index < -0.39 is 17.7 Å². The number of carbonyl (C=O) groups excluding carboxylic acids is 2. The van der Waals surface area contributed by atoms with Gasteiger partial charge in [0, 0.05) is 0 Å². The maximum atomic E-state index is 12.8. The molecule has 0 radical (unpaired) electrons. The lowest BCUT2D eigenvalue weighted by atomic mass is 10.2. The van der Waals surface area contributed by atoms with Gasteiger partial charge in [-0.1, -0.05) is 17.7 Å². The zero-order chi connectivity index (χ0) is 22.3. The van der Waals surface area contributed by atoms with Gasteiger partial charge in [0.25, 0.3) is 5.91 Å². The molecule has 2 aromatic carbocycles. The summed E-state index contributed by atoms with van der Waals surface area (Å²) in [6.45, 7) is 1.24. The minimum absolute atomic E-state index is 0.212. The highest BCUT2D eigenvalue weighted by molar-refractivity contribution is 6.32. The molecule has 10 heteroatoms. The largest absolute Gasteiger partial charge is 0.494 e. The van der Waals surface area contributed by atoms with E-state index in [2.05, 4.69) is 15.5 Å². The number of azo groups is 1. The van der Waals surface area contributed by atoms with Crippen molar-refractivity contribution >= 4 is 34.7 Å². The van der Waals surface area contributed by atoms with Crippen LogP contribution in [0.1, 0.15) is 6.92 Å². The first-order chi connectivity index (χ1) is 14.4. The number of rotatable bonds is 9. The number of anilines is 1. The van der Waals surface area contributed by atoms with Gasteiger partial charge in [-0.05, 0) is 31.2 Å². The Bertz CT molecular complexity index is 942. The molecule has 2 aromatic rings. The summed E-state index contributed by atoms with van der Waals surface area (Å²) in [6.07, 6.45) is 0. The van der Waals surface area contributed by atoms with Gasteiger partial charge in [0.2, 0.25) is 6.04 Å². The van der Waals surface area contributed by atoms with Crippen LogP contribution in [-0.4, -0.2) is 46.2 Å². The zero-order valence-electron chi connectivity index (χ0n) is 17.2. The summed E-state index contributed by atoms with van der Waals surface area (Å²) in [5.41, 5.74) is 0.521. The van der Waals surface area contributed by atoms with Crippen molar-refractivity contribution in [3.8, 4) is 23.0 Å². The Morgan fingerprint density at radius 3 is 2.03 bits per heavy atom. The molecule has 30 heavy (non-hydrogen) atoms. The van der Waals surface area contributed by atoms with Crippen LogP contribution in [-0.2, 0) is 9.59 Å². The predicted octanol–water partition coefficient (Wildman–Crippen LogP) is 4.05. The Balaban J connectivity index is 2.36. The van der Waals surface area contributed by atoms with Crippen LogP contribution < -0.4 is 24.3 Å². The van der Waals surface area contributed by atoms with Crippen molar-refractivity contribution in [2.24, 2.45) is 10.2 Å². The van der Waals surface area contributed by atoms with E-state index >= 15 is 0 Å². The summed E-state index contributed by atoms with van der Waals surface area (Å²) >= 11 is 6.08. The number of nitrogens with one attached hydrogen (secondary N) is 1. The molecule has 160 valence electrons. The molecule has 1 amide bonds. The van der Waals surface area contributed by atoms with Crippen molar-refractivity contribution < 1.29 is 28.5 Å². The molecule has 0 fully saturated rings. The molecule has 1 atom stereocenters. The van der Waals surface area contributed by atoms with Crippen LogP contribution in [0.4, 0.5) is 11.4 Å². The van der Waals surface area contributed by atoms with Crippen LogP contribution in [0.15, 0.2) is 40.6 Å². The van der Waals surface area contributed by atoms with Crippen molar-refractivity contribution in [3.63, 3.8) is 0 Å². The average Bonchev–Trinajstić information content (AvgIpc) is 2.74. The van der Waals surface area contributed by atoms with Crippen LogP contribution in [0, 0.1) is 0 Å². The second kappa shape index (κ2) is 10.4. The van der Waals surface area contributed by atoms with Crippen molar-refractivity contribution in [1.29, 1.82) is 0 Å². The zero-order valence-corrected chi connectivity index (χ0v) is 17.9. The maximum absolute atomic E-state index is 12.8. The van der Waals surface area contributed by atoms with E-state index in [4.69, 9.17) is 30.5 Å². The molecule has 1 unspecified atom stereocenters. The van der Waals surface area contributed by atoms with Gasteiger partial charge in [-0.25, -0.2) is 0 Å². The third kappa shape index (κ3) is 4.98. The van der Waals surface area contributed by atoms with Gasteiger partial charge in [-0.15, -0.1) is 5.11 Å². The van der Waals surface area contributed by atoms with Crippen LogP contribution in [0.2, 0.25) is 5.02 Å². The molecule has 0 saturated carbocycles. The Labute approximate surface area is 178 Å². The van der Waals surface area contributed by atoms with Gasteiger partial charge in [0.05, 0.1) is 39.1 Å². The molecule has 0 aliphatic rings. The second-order valence-corrected chi connectivity index (χ2v) is 6.30. The van der Waals surface area contributed by atoms with Crippen LogP contribution in [0.5, 0.6) is 23.0 Å². The number of ether oxygens (including phenoxy) is 4. The summed E-state index contributed by atoms with van der Waals surface area (Å²) in [7, 11) is 5.74. The summed E-state index contributed by atoms with van der Waals surface area (Å²) in [5.74, 6) is 0.00310. The van der Waals surface area contributed by atoms with E-state index in [0.29, 0.717) is 16.5 Å². The highest BCUT2D eigenvalue weighted by atomic mass is 35.5. The van der Waals surface area contributed by atoms with Gasteiger partial charge in [-0.3, -0.25) is 9.59 Å². The van der Waals surface area contributed by atoms with E-state index in [0.717, 1.165) is 0 Å². The molecule has 0 saturated heterocycles. The lowest BCUT2D eigenvalue weighted by Crippen LogP contribution is -2.32. The fourth-order valence-electron chi connectivity index (χ4n) is 2.60. The van der Waals surface area contributed by atoms with Gasteiger partial charge in [0.1, 0.15) is 11.5 Å². The molecule has 2 rings (SSSR count). The van der Waals surface area contributed by atoms with Crippen LogP contribution in [0.25, 0.3) is 0 Å². The van der Waals surface area contributed by atoms with Crippen LogP contribution >= 0.6 is 11.6 Å². The van der Waals surface area contributed by atoms with Gasteiger partial charge in [0.15, 0.2) is 23.0 Å². The fraction of sp³-hybridized carbons (Fsp3) is 0.300. The summed E-state index contributed by atoms with van der Waals surface area (Å²) < 4.78 is 21.0. The lowest BCUT2D eigenvalue weighted by molar-refractivity contribution is -0.126. The molecular weight excluding hydrogens is 414 g/mol. The average molecular weight is 436 g/mol. The number of Topliss-reactive ketones (excluding diaryl/α,β-unsaturated/α-hetero) is 1. The number of benzene rings is 2. The van der Waals surface area contributed by atoms with Crippen molar-refractivity contribution in [2.75, 3.05) is 33.8 Å². The first-order valence-electron chi connectivity index (χ1n) is 8.71. The molecule has 9 nitrogen and oxygen atoms in total. The number of amides is 1. The van der Waals surface area contributed by atoms with Crippen molar-refractivity contribution in [3.05, 3.63) is 35.4 Å². The normalized spacial score (nSPS) is 11.7. The molecule has 0 heterocycles. The Morgan fingerprint density at radius 2 is 1.53 bits per heavy atom. The first kappa shape index (κ1) is 23.0. The van der Waals surface area contributed by atoms with E-state index in [9.17, 15) is 9.59 Å². The van der Waals surface area contributed by atoms with Crippen molar-refractivity contribution in [2.45, 2.75) is 13.0 Å². The predicted molar refractivity (Wildman–Crippen MR) is 112 cm³/mol. The number of hydrogen-bond donors (Lipinski definition) is 1. The number of carbonyl (C=O) groups is 2. The highest BCUT2D eigenvalue weighted by Gasteiger charge is 2.26. The number of halogens is 1. The topological polar surface area (TPSA) is 108 Å². The van der Waals surface area contributed by atoms with E-state index in [-0.39, 0.29) is 22.9 Å². The van der Waals surface area contributed by atoms with E-state index in [1.165, 1.54) is 47.5 Å². The Kier molecular flexibility index (Phi) is 7.99. The lowest BCUT2D eigenvalue weighted by Gasteiger charge is -2.16. The number of ketones is 1. The highest BCUT2D eigenvalue weighted by Crippen LogP contribution is 2.41. The second-order valence-electron chi connectivity index (χ2n) is 5.89. The van der Waals surface area contributed by atoms with E-state index in [1.807, 2.05) is 0 Å². The first-order valence-corrected chi connectivity index (χ1v) is 9.09. The van der Waals surface area contributed by atoms with E-state index in [1.54, 1.807) is 18.2 Å². The fourth-order valence-corrected chi connectivity index (χ4v) is 2.82. The van der Waals surface area contributed by atoms with Gasteiger partial charge < -0.3 is 24.3 Å². The molecule has 1 N–H and O–H groups in total. The molecule has 0 spiro atoms. The number of hydrogen-bond acceptors (Lipinski definition) is 8. The van der Waals surface area contributed by atoms with Crippen LogP contribution in [0.3, 0.4) is 0 Å². The SMILES string of the molecule is COc1cccc(OC)c1N=NC(C(C)=O)C(=O)Nc1ccc(Cl)c(OC)c1OC. The molecular formula is C20H22ClN3O6. The Morgan fingerprint density at radius 1 is 0.933 bits per heavy atom. The molecule has 0 bridgehead atoms. The Hall–Kier alpha value is -3.33. The van der Waals surface area contributed by atoms with Gasteiger partial charge in [-0.2, -0.15) is 5.11 Å². The molecule has 0 aromatic heterocycles. The number of methoxy groups -OCH3 is 4. The smallest absolute Gasteiger partial charge is 0.258 e. The standard InChI is InChI=1S/C20H22ClN3O6/c1-11(25)16(23-24-17-14(27-2)7-6-8-15(17)28-3)20(26)22-13-10-9-12(21)18(29-4)19(13)30-5/h6-10,16H,1-5H3,(H,22,26). The summed E-state index contributed by atoms with van der Waals surface area (Å²) in [5, 5.41) is 10.9. The molecule has 0 aliphatic carbocycles.